The van der Waals surface area contributed by atoms with Gasteiger partial charge in [0.1, 0.15) is 28.7 Å². The van der Waals surface area contributed by atoms with Gasteiger partial charge in [0.05, 0.1) is 36.5 Å². The summed E-state index contributed by atoms with van der Waals surface area (Å²) in [6, 6.07) is 21.5. The SMILES string of the molecule is CCCOc1ccc(N2CCN(Cc3nc4c5cc(F)cc(C)c5nc(N)n4n3)CC2)cc1.CCCOc1ccc(N2CCNCC2)cc1.Nc1nc2c(F)cc(F)cc2c2nc(CCl)nn12. The number of ether oxygens (including phenoxy) is 2. The molecule has 2 aliphatic rings. The Morgan fingerprint density at radius 1 is 0.627 bits per heavy atom. The van der Waals surface area contributed by atoms with E-state index in [0.29, 0.717) is 34.7 Å². The van der Waals surface area contributed by atoms with E-state index in [0.717, 1.165) is 108 Å². The highest BCUT2D eigenvalue weighted by atomic mass is 35.5. The smallest absolute Gasteiger partial charge is 0.223 e. The summed E-state index contributed by atoms with van der Waals surface area (Å²) in [6.07, 6.45) is 2.06. The monoisotopic (exact) mass is 938 g/mol. The predicted octanol–water partition coefficient (Wildman–Crippen LogP) is 7.18. The molecule has 2 aliphatic heterocycles. The normalized spacial score (nSPS) is 14.3. The van der Waals surface area contributed by atoms with E-state index in [1.165, 1.54) is 32.5 Å². The highest BCUT2D eigenvalue weighted by molar-refractivity contribution is 6.16. The standard InChI is InChI=1S/C24H28FN7O.C13H20N2O.C10H6ClF2N5/c1-3-12-33-19-6-4-18(5-7-19)31-10-8-30(9-11-31)15-21-27-23-20-14-17(25)13-16(2)22(20)28-24(26)32(23)29-21;1-2-11-16-13-5-3-12(4-6-13)15-9-7-14-8-10-15;11-3-7-15-9-5-1-4(12)2-6(13)8(5)16-10(14)18(9)17-7/h4-7,13-14H,3,8-12,15H2,1-2H3,(H2,26,28);3-6,14H,2,7-11H2,1H3;1-2H,3H2,(H2,14,16). The molecule has 4 aromatic carbocycles. The number of nitrogens with two attached hydrogens (primary N) is 2. The lowest BCUT2D eigenvalue weighted by molar-refractivity contribution is 0.244. The number of anilines is 4. The average molecular weight is 939 g/mol. The van der Waals surface area contributed by atoms with Gasteiger partial charge in [0.15, 0.2) is 28.8 Å². The van der Waals surface area contributed by atoms with Gasteiger partial charge in [-0.05, 0) is 92.1 Å². The molecule has 4 aromatic heterocycles. The number of benzene rings is 4. The molecule has 8 aromatic rings. The lowest BCUT2D eigenvalue weighted by atomic mass is 10.1. The Labute approximate surface area is 390 Å². The lowest BCUT2D eigenvalue weighted by Crippen LogP contribution is -2.46. The summed E-state index contributed by atoms with van der Waals surface area (Å²) in [5.74, 6) is 1.30. The van der Waals surface area contributed by atoms with Crippen LogP contribution in [0.2, 0.25) is 0 Å². The van der Waals surface area contributed by atoms with Crippen molar-refractivity contribution in [2.45, 2.75) is 46.0 Å². The molecule has 352 valence electrons. The van der Waals surface area contributed by atoms with Gasteiger partial charge in [-0.2, -0.15) is 9.03 Å². The lowest BCUT2D eigenvalue weighted by Gasteiger charge is -2.35. The maximum absolute atomic E-state index is 14.0. The van der Waals surface area contributed by atoms with E-state index in [-0.39, 0.29) is 40.1 Å². The third-order valence-corrected chi connectivity index (χ3v) is 11.5. The van der Waals surface area contributed by atoms with Gasteiger partial charge in [-0.3, -0.25) is 4.90 Å². The maximum atomic E-state index is 14.0. The summed E-state index contributed by atoms with van der Waals surface area (Å²) in [5.41, 5.74) is 16.4. The van der Waals surface area contributed by atoms with Gasteiger partial charge in [0, 0.05) is 75.2 Å². The molecule has 2 saturated heterocycles. The van der Waals surface area contributed by atoms with Crippen molar-refractivity contribution in [1.82, 2.24) is 49.4 Å². The minimum Gasteiger partial charge on any atom is -0.494 e. The number of fused-ring (bicyclic) bond motifs is 6. The molecule has 20 heteroatoms. The minimum absolute atomic E-state index is 0.0353. The fraction of sp³-hybridized carbons (Fsp3) is 0.362. The summed E-state index contributed by atoms with van der Waals surface area (Å²) >= 11 is 5.62. The van der Waals surface area contributed by atoms with E-state index in [4.69, 9.17) is 32.5 Å². The largest absolute Gasteiger partial charge is 0.494 e. The first-order valence-corrected chi connectivity index (χ1v) is 22.9. The number of nitrogens with zero attached hydrogens (tertiary/aromatic N) is 11. The topological polar surface area (TPSA) is 178 Å². The molecular formula is C47H54ClF3N14O2. The number of aromatic nitrogens is 8. The van der Waals surface area contributed by atoms with E-state index in [2.05, 4.69) is 100 Å². The van der Waals surface area contributed by atoms with Crippen molar-refractivity contribution in [3.63, 3.8) is 0 Å². The molecule has 0 unspecified atom stereocenters. The second-order valence-corrected chi connectivity index (χ2v) is 16.5. The van der Waals surface area contributed by atoms with Crippen molar-refractivity contribution in [1.29, 1.82) is 0 Å². The molecule has 0 radical (unpaired) electrons. The van der Waals surface area contributed by atoms with Crippen LogP contribution >= 0.6 is 11.6 Å². The third kappa shape index (κ3) is 11.0. The number of hydrogen-bond acceptors (Lipinski definition) is 14. The van der Waals surface area contributed by atoms with Crippen LogP contribution < -0.4 is 36.1 Å². The number of rotatable bonds is 11. The molecule has 0 saturated carbocycles. The van der Waals surface area contributed by atoms with Crippen molar-refractivity contribution < 1.29 is 22.6 Å². The van der Waals surface area contributed by atoms with Crippen LogP contribution in [0.4, 0.5) is 36.4 Å². The molecule has 0 aliphatic carbocycles. The Morgan fingerprint density at radius 2 is 1.12 bits per heavy atom. The zero-order valence-electron chi connectivity index (χ0n) is 37.7. The third-order valence-electron chi connectivity index (χ3n) is 11.3. The fourth-order valence-electron chi connectivity index (χ4n) is 7.96. The van der Waals surface area contributed by atoms with E-state index < -0.39 is 11.6 Å². The molecule has 0 bridgehead atoms. The zero-order valence-corrected chi connectivity index (χ0v) is 38.5. The first-order chi connectivity index (χ1) is 32.5. The number of hydrogen-bond donors (Lipinski definition) is 3. The second kappa shape index (κ2) is 21.3. The van der Waals surface area contributed by atoms with E-state index in [1.807, 2.05) is 19.1 Å². The van der Waals surface area contributed by atoms with Gasteiger partial charge in [0.25, 0.3) is 0 Å². The van der Waals surface area contributed by atoms with Gasteiger partial charge >= 0.3 is 0 Å². The Morgan fingerprint density at radius 3 is 1.67 bits per heavy atom. The van der Waals surface area contributed by atoms with Gasteiger partial charge in [-0.1, -0.05) is 13.8 Å². The van der Waals surface area contributed by atoms with Crippen LogP contribution in [0.3, 0.4) is 0 Å². The Balaban J connectivity index is 0.000000150. The number of halogens is 4. The van der Waals surface area contributed by atoms with Crippen molar-refractivity contribution >= 4 is 68.0 Å². The Kier molecular flexibility index (Phi) is 14.9. The number of nitrogens with one attached hydrogen (secondary N) is 1. The molecule has 0 amide bonds. The van der Waals surface area contributed by atoms with Crippen molar-refractivity contribution in [3.05, 3.63) is 107 Å². The van der Waals surface area contributed by atoms with Crippen molar-refractivity contribution in [3.8, 4) is 11.5 Å². The summed E-state index contributed by atoms with van der Waals surface area (Å²) in [5, 5.41) is 12.7. The highest BCUT2D eigenvalue weighted by Crippen LogP contribution is 2.27. The van der Waals surface area contributed by atoms with E-state index in [1.54, 1.807) is 0 Å². The molecule has 67 heavy (non-hydrogen) atoms. The molecule has 10 rings (SSSR count). The average Bonchev–Trinajstić information content (AvgIpc) is 3.99. The molecule has 5 N–H and O–H groups in total. The zero-order chi connectivity index (χ0) is 47.0. The van der Waals surface area contributed by atoms with Crippen LogP contribution in [0.25, 0.3) is 33.1 Å². The van der Waals surface area contributed by atoms with Crippen LogP contribution in [0, 0.1) is 24.4 Å². The highest BCUT2D eigenvalue weighted by Gasteiger charge is 2.21. The molecule has 0 spiro atoms. The van der Waals surface area contributed by atoms with Crippen LogP contribution in [-0.2, 0) is 12.4 Å². The van der Waals surface area contributed by atoms with E-state index >= 15 is 0 Å². The van der Waals surface area contributed by atoms with Gasteiger partial charge in [-0.15, -0.1) is 21.8 Å². The van der Waals surface area contributed by atoms with Gasteiger partial charge in [-0.25, -0.2) is 33.1 Å². The van der Waals surface area contributed by atoms with Crippen LogP contribution in [0.1, 0.15) is 43.9 Å². The number of aryl methyl sites for hydroxylation is 1. The first-order valence-electron chi connectivity index (χ1n) is 22.4. The number of piperazine rings is 2. The van der Waals surface area contributed by atoms with E-state index in [9.17, 15) is 13.2 Å². The van der Waals surface area contributed by atoms with Crippen LogP contribution in [0.15, 0.2) is 72.8 Å². The first kappa shape index (κ1) is 46.8. The van der Waals surface area contributed by atoms with Crippen LogP contribution in [-0.4, -0.2) is 110 Å². The summed E-state index contributed by atoms with van der Waals surface area (Å²) in [4.78, 5) is 24.1. The number of nitrogen functional groups attached to an aromatic ring is 2. The summed E-state index contributed by atoms with van der Waals surface area (Å²) < 4.78 is 54.8. The van der Waals surface area contributed by atoms with Gasteiger partial charge < -0.3 is 36.1 Å². The van der Waals surface area contributed by atoms with Crippen LogP contribution in [0.5, 0.6) is 11.5 Å². The van der Waals surface area contributed by atoms with Gasteiger partial charge in [0.2, 0.25) is 11.9 Å². The maximum Gasteiger partial charge on any atom is 0.223 e. The minimum atomic E-state index is -0.797. The Bertz CT molecular complexity index is 2940. The predicted molar refractivity (Wildman–Crippen MR) is 257 cm³/mol. The number of alkyl halides is 1. The summed E-state index contributed by atoms with van der Waals surface area (Å²) in [6.45, 7) is 16.1. The molecule has 6 heterocycles. The molecule has 16 nitrogen and oxygen atoms in total. The molecular weight excluding hydrogens is 885 g/mol. The van der Waals surface area contributed by atoms with Crippen molar-refractivity contribution in [2.24, 2.45) is 0 Å². The Hall–Kier alpha value is -6.70. The molecule has 0 atom stereocenters. The fourth-order valence-corrected chi connectivity index (χ4v) is 8.08. The quantitative estimate of drug-likeness (QED) is 0.111. The molecule has 2 fully saturated rings. The second-order valence-electron chi connectivity index (χ2n) is 16.2. The summed E-state index contributed by atoms with van der Waals surface area (Å²) in [7, 11) is 0. The van der Waals surface area contributed by atoms with Crippen molar-refractivity contribution in [2.75, 3.05) is 86.8 Å².